The van der Waals surface area contributed by atoms with Gasteiger partial charge in [-0.15, -0.1) is 0 Å². The largest absolute Gasteiger partial charge is 0.392 e. The van der Waals surface area contributed by atoms with Crippen LogP contribution in [0, 0.1) is 0 Å². The molecule has 1 aromatic rings. The molecule has 0 unspecified atom stereocenters. The first-order valence-corrected chi connectivity index (χ1v) is 4.74. The average Bonchev–Trinajstić information content (AvgIpc) is 2.12. The van der Waals surface area contributed by atoms with Crippen molar-refractivity contribution in [2.75, 3.05) is 6.54 Å². The number of amides is 1. The maximum Gasteiger partial charge on any atom is 0.325 e. The van der Waals surface area contributed by atoms with Crippen molar-refractivity contribution >= 4 is 5.91 Å². The van der Waals surface area contributed by atoms with Crippen molar-refractivity contribution in [2.24, 2.45) is 0 Å². The summed E-state index contributed by atoms with van der Waals surface area (Å²) < 4.78 is 0. The zero-order valence-corrected chi connectivity index (χ0v) is 8.74. The monoisotopic (exact) mass is 227 g/mol. The molecule has 0 radical (unpaired) electrons. The Morgan fingerprint density at radius 3 is 2.75 bits per heavy atom. The zero-order chi connectivity index (χ0) is 12.1. The second kappa shape index (κ2) is 5.26. The number of hydrogen-bond donors (Lipinski definition) is 4. The zero-order valence-electron chi connectivity index (χ0n) is 8.74. The van der Waals surface area contributed by atoms with E-state index < -0.39 is 17.4 Å². The Bertz CT molecular complexity index is 446. The van der Waals surface area contributed by atoms with E-state index in [9.17, 15) is 14.4 Å². The first kappa shape index (κ1) is 12.2. The summed E-state index contributed by atoms with van der Waals surface area (Å²) in [5.41, 5.74) is -0.968. The van der Waals surface area contributed by atoms with E-state index in [2.05, 4.69) is 10.3 Å². The van der Waals surface area contributed by atoms with Gasteiger partial charge in [-0.1, -0.05) is 0 Å². The number of H-pyrrole nitrogens is 2. The predicted molar refractivity (Wildman–Crippen MR) is 56.1 cm³/mol. The van der Waals surface area contributed by atoms with Crippen molar-refractivity contribution in [3.05, 3.63) is 32.6 Å². The Labute approximate surface area is 90.5 Å². The van der Waals surface area contributed by atoms with Crippen molar-refractivity contribution in [3.8, 4) is 0 Å². The van der Waals surface area contributed by atoms with Gasteiger partial charge in [-0.2, -0.15) is 0 Å². The van der Waals surface area contributed by atoms with Gasteiger partial charge in [0.1, 0.15) is 0 Å². The Balaban J connectivity index is 2.63. The number of aliphatic hydroxyl groups excluding tert-OH is 1. The number of carbonyl (C=O) groups is 1. The lowest BCUT2D eigenvalue weighted by molar-refractivity contribution is -0.120. The number of hydrogen-bond acceptors (Lipinski definition) is 4. The molecule has 0 aliphatic rings. The summed E-state index contributed by atoms with van der Waals surface area (Å²) in [6.07, 6.45) is -0.742. The minimum absolute atomic E-state index is 0.105. The lowest BCUT2D eigenvalue weighted by Crippen LogP contribution is -2.33. The van der Waals surface area contributed by atoms with Gasteiger partial charge < -0.3 is 15.4 Å². The number of aromatic amines is 2. The first-order chi connectivity index (χ1) is 7.47. The molecule has 0 aliphatic carbocycles. The highest BCUT2D eigenvalue weighted by Crippen LogP contribution is 1.88. The van der Waals surface area contributed by atoms with Gasteiger partial charge in [-0.3, -0.25) is 14.6 Å². The topological polar surface area (TPSA) is 115 Å². The van der Waals surface area contributed by atoms with Crippen LogP contribution in [0.4, 0.5) is 0 Å². The molecule has 0 saturated heterocycles. The van der Waals surface area contributed by atoms with E-state index in [0.29, 0.717) is 0 Å². The Kier molecular flexibility index (Phi) is 4.01. The highest BCUT2D eigenvalue weighted by atomic mass is 16.3. The molecule has 4 N–H and O–H groups in total. The third kappa shape index (κ3) is 4.09. The number of aliphatic hydroxyl groups is 1. The van der Waals surface area contributed by atoms with E-state index >= 15 is 0 Å². The van der Waals surface area contributed by atoms with Crippen LogP contribution in [0.25, 0.3) is 0 Å². The summed E-state index contributed by atoms with van der Waals surface area (Å²) in [4.78, 5) is 37.4. The SMILES string of the molecule is C[C@H](O)CNC(=O)Cc1cc(=O)[nH]c(=O)[nH]1. The van der Waals surface area contributed by atoms with Crippen LogP contribution in [0.2, 0.25) is 0 Å². The van der Waals surface area contributed by atoms with Crippen LogP contribution in [-0.2, 0) is 11.2 Å². The Hall–Kier alpha value is -1.89. The normalized spacial score (nSPS) is 12.1. The fourth-order valence-corrected chi connectivity index (χ4v) is 1.11. The minimum atomic E-state index is -0.647. The van der Waals surface area contributed by atoms with Crippen LogP contribution >= 0.6 is 0 Å². The van der Waals surface area contributed by atoms with Gasteiger partial charge in [0.25, 0.3) is 5.56 Å². The quantitative estimate of drug-likeness (QED) is 0.481. The van der Waals surface area contributed by atoms with E-state index in [4.69, 9.17) is 5.11 Å². The molecule has 88 valence electrons. The lowest BCUT2D eigenvalue weighted by Gasteiger charge is -2.06. The van der Waals surface area contributed by atoms with Crippen LogP contribution in [0.15, 0.2) is 15.7 Å². The number of aromatic nitrogens is 2. The third-order valence-corrected chi connectivity index (χ3v) is 1.76. The molecule has 1 amide bonds. The molecule has 0 fully saturated rings. The van der Waals surface area contributed by atoms with E-state index in [0.717, 1.165) is 6.07 Å². The van der Waals surface area contributed by atoms with Gasteiger partial charge in [0.2, 0.25) is 5.91 Å². The molecular weight excluding hydrogens is 214 g/mol. The molecule has 1 heterocycles. The number of rotatable bonds is 4. The van der Waals surface area contributed by atoms with Crippen molar-refractivity contribution < 1.29 is 9.90 Å². The molecular formula is C9H13N3O4. The van der Waals surface area contributed by atoms with Crippen LogP contribution in [0.5, 0.6) is 0 Å². The molecule has 0 aliphatic heterocycles. The molecule has 7 heteroatoms. The minimum Gasteiger partial charge on any atom is -0.392 e. The van der Waals surface area contributed by atoms with Crippen molar-refractivity contribution in [2.45, 2.75) is 19.4 Å². The molecule has 0 aromatic carbocycles. The molecule has 1 rings (SSSR count). The maximum atomic E-state index is 11.3. The van der Waals surface area contributed by atoms with Crippen molar-refractivity contribution in [1.82, 2.24) is 15.3 Å². The molecule has 1 atom stereocenters. The number of nitrogens with one attached hydrogen (secondary N) is 3. The van der Waals surface area contributed by atoms with Crippen LogP contribution in [0.1, 0.15) is 12.6 Å². The van der Waals surface area contributed by atoms with E-state index in [1.54, 1.807) is 0 Å². The second-order valence-electron chi connectivity index (χ2n) is 3.44. The Morgan fingerprint density at radius 2 is 2.19 bits per heavy atom. The summed E-state index contributed by atoms with van der Waals surface area (Å²) in [6, 6.07) is 1.14. The number of carbonyl (C=O) groups excluding carboxylic acids is 1. The van der Waals surface area contributed by atoms with Gasteiger partial charge in [0, 0.05) is 18.3 Å². The van der Waals surface area contributed by atoms with Gasteiger partial charge >= 0.3 is 5.69 Å². The third-order valence-electron chi connectivity index (χ3n) is 1.76. The Morgan fingerprint density at radius 1 is 1.50 bits per heavy atom. The molecule has 1 aromatic heterocycles. The smallest absolute Gasteiger partial charge is 0.325 e. The van der Waals surface area contributed by atoms with Gasteiger partial charge in [-0.25, -0.2) is 4.79 Å². The summed E-state index contributed by atoms with van der Waals surface area (Å²) >= 11 is 0. The first-order valence-electron chi connectivity index (χ1n) is 4.74. The van der Waals surface area contributed by atoms with Gasteiger partial charge in [0.15, 0.2) is 0 Å². The van der Waals surface area contributed by atoms with Gasteiger partial charge in [0.05, 0.1) is 12.5 Å². The fourth-order valence-electron chi connectivity index (χ4n) is 1.11. The van der Waals surface area contributed by atoms with E-state index in [1.807, 2.05) is 4.98 Å². The van der Waals surface area contributed by atoms with E-state index in [1.165, 1.54) is 6.92 Å². The standard InChI is InChI=1S/C9H13N3O4/c1-5(13)4-10-7(14)2-6-3-8(15)12-9(16)11-6/h3,5,13H,2,4H2,1H3,(H,10,14)(H2,11,12,15,16)/t5-/m0/s1. The van der Waals surface area contributed by atoms with E-state index in [-0.39, 0.29) is 24.6 Å². The molecule has 0 bridgehead atoms. The molecule has 16 heavy (non-hydrogen) atoms. The molecule has 0 spiro atoms. The summed E-state index contributed by atoms with van der Waals surface area (Å²) in [5.74, 6) is -0.373. The van der Waals surface area contributed by atoms with Gasteiger partial charge in [-0.05, 0) is 6.92 Å². The van der Waals surface area contributed by atoms with Crippen LogP contribution < -0.4 is 16.6 Å². The maximum absolute atomic E-state index is 11.3. The molecule has 7 nitrogen and oxygen atoms in total. The van der Waals surface area contributed by atoms with Crippen molar-refractivity contribution in [3.63, 3.8) is 0 Å². The van der Waals surface area contributed by atoms with Crippen LogP contribution in [0.3, 0.4) is 0 Å². The summed E-state index contributed by atoms with van der Waals surface area (Å²) in [6.45, 7) is 1.67. The summed E-state index contributed by atoms with van der Waals surface area (Å²) in [5, 5.41) is 11.4. The predicted octanol–water partition coefficient (Wildman–Crippen LogP) is -1.90. The molecule has 0 saturated carbocycles. The highest BCUT2D eigenvalue weighted by molar-refractivity contribution is 5.78. The average molecular weight is 227 g/mol. The van der Waals surface area contributed by atoms with Crippen LogP contribution in [-0.4, -0.2) is 33.6 Å². The van der Waals surface area contributed by atoms with Crippen molar-refractivity contribution in [1.29, 1.82) is 0 Å². The fraction of sp³-hybridized carbons (Fsp3) is 0.444. The second-order valence-corrected chi connectivity index (χ2v) is 3.44. The summed E-state index contributed by atoms with van der Waals surface area (Å²) in [7, 11) is 0. The highest BCUT2D eigenvalue weighted by Gasteiger charge is 2.05. The lowest BCUT2D eigenvalue weighted by atomic mass is 10.3.